The summed E-state index contributed by atoms with van der Waals surface area (Å²) in [5.41, 5.74) is 7.24. The standard InChI is InChI=1S/C19H31N3O2.2ClH/c1-3-9-19(2,20)18(24)21-17-6-4-5-16(12-17)13-22-10-7-15(14-23)8-11-22;;/h4-6,12,15,23H,3,7-11,13-14,20H2,1-2H3,(H,21,24);2*1H. The largest absolute Gasteiger partial charge is 0.396 e. The van der Waals surface area contributed by atoms with Gasteiger partial charge in [-0.2, -0.15) is 0 Å². The van der Waals surface area contributed by atoms with Crippen LogP contribution in [-0.2, 0) is 11.3 Å². The van der Waals surface area contributed by atoms with Crippen molar-refractivity contribution in [1.29, 1.82) is 0 Å². The first-order valence-electron chi connectivity index (χ1n) is 8.97. The highest BCUT2D eigenvalue weighted by molar-refractivity contribution is 5.97. The molecule has 7 heteroatoms. The number of carbonyl (C=O) groups is 1. The van der Waals surface area contributed by atoms with E-state index in [1.54, 1.807) is 6.92 Å². The predicted octanol–water partition coefficient (Wildman–Crippen LogP) is 3.19. The van der Waals surface area contributed by atoms with Gasteiger partial charge in [-0.25, -0.2) is 0 Å². The number of piperidine rings is 1. The smallest absolute Gasteiger partial charge is 0.244 e. The highest BCUT2D eigenvalue weighted by Crippen LogP contribution is 2.20. The van der Waals surface area contributed by atoms with E-state index in [1.165, 1.54) is 5.56 Å². The lowest BCUT2D eigenvalue weighted by atomic mass is 9.96. The topological polar surface area (TPSA) is 78.6 Å². The van der Waals surface area contributed by atoms with Gasteiger partial charge < -0.3 is 16.2 Å². The minimum Gasteiger partial charge on any atom is -0.396 e. The number of halogens is 2. The van der Waals surface area contributed by atoms with Crippen molar-refractivity contribution in [1.82, 2.24) is 4.90 Å². The van der Waals surface area contributed by atoms with E-state index in [4.69, 9.17) is 5.73 Å². The van der Waals surface area contributed by atoms with Gasteiger partial charge in [0.05, 0.1) is 5.54 Å². The molecule has 1 saturated heterocycles. The summed E-state index contributed by atoms with van der Waals surface area (Å²) < 4.78 is 0. The lowest BCUT2D eigenvalue weighted by Crippen LogP contribution is -2.48. The van der Waals surface area contributed by atoms with Gasteiger partial charge >= 0.3 is 0 Å². The zero-order chi connectivity index (χ0) is 17.6. The van der Waals surface area contributed by atoms with Gasteiger partial charge in [-0.15, -0.1) is 24.8 Å². The van der Waals surface area contributed by atoms with Crippen molar-refractivity contribution in [2.24, 2.45) is 11.7 Å². The zero-order valence-electron chi connectivity index (χ0n) is 15.7. The van der Waals surface area contributed by atoms with Gasteiger partial charge in [0.1, 0.15) is 0 Å². The second-order valence-electron chi connectivity index (χ2n) is 7.22. The Morgan fingerprint density at radius 3 is 2.58 bits per heavy atom. The molecule has 0 spiro atoms. The third-order valence-electron chi connectivity index (χ3n) is 4.84. The van der Waals surface area contributed by atoms with Crippen molar-refractivity contribution in [2.45, 2.75) is 51.6 Å². The lowest BCUT2D eigenvalue weighted by molar-refractivity contribution is -0.120. The lowest BCUT2D eigenvalue weighted by Gasteiger charge is -2.31. The Hall–Kier alpha value is -0.850. The van der Waals surface area contributed by atoms with Crippen molar-refractivity contribution >= 4 is 36.4 Å². The number of aliphatic hydroxyl groups excluding tert-OH is 1. The molecule has 1 unspecified atom stereocenters. The van der Waals surface area contributed by atoms with Crippen LogP contribution in [0.15, 0.2) is 24.3 Å². The molecule has 5 nitrogen and oxygen atoms in total. The second-order valence-corrected chi connectivity index (χ2v) is 7.22. The highest BCUT2D eigenvalue weighted by Gasteiger charge is 2.27. The molecule has 0 aliphatic carbocycles. The summed E-state index contributed by atoms with van der Waals surface area (Å²) >= 11 is 0. The van der Waals surface area contributed by atoms with Crippen LogP contribution in [0.25, 0.3) is 0 Å². The fourth-order valence-corrected chi connectivity index (χ4v) is 3.24. The number of rotatable bonds is 7. The molecule has 1 fully saturated rings. The number of nitrogens with one attached hydrogen (secondary N) is 1. The van der Waals surface area contributed by atoms with Gasteiger partial charge in [-0.05, 0) is 62.9 Å². The molecule has 1 aromatic carbocycles. The number of anilines is 1. The number of hydrogen-bond acceptors (Lipinski definition) is 4. The summed E-state index contributed by atoms with van der Waals surface area (Å²) in [6, 6.07) is 7.99. The molecule has 0 radical (unpaired) electrons. The number of aliphatic hydroxyl groups is 1. The van der Waals surface area contributed by atoms with Gasteiger partial charge in [0.15, 0.2) is 0 Å². The average molecular weight is 406 g/mol. The molecule has 1 aromatic rings. The number of likely N-dealkylation sites (tertiary alicyclic amines) is 1. The fourth-order valence-electron chi connectivity index (χ4n) is 3.24. The first-order valence-corrected chi connectivity index (χ1v) is 8.97. The molecule has 1 heterocycles. The predicted molar refractivity (Wildman–Crippen MR) is 112 cm³/mol. The van der Waals surface area contributed by atoms with E-state index in [0.717, 1.165) is 44.6 Å². The van der Waals surface area contributed by atoms with Gasteiger partial charge in [-0.3, -0.25) is 9.69 Å². The summed E-state index contributed by atoms with van der Waals surface area (Å²) in [5, 5.41) is 12.2. The number of nitrogens with two attached hydrogens (primary N) is 1. The van der Waals surface area contributed by atoms with E-state index in [2.05, 4.69) is 16.3 Å². The van der Waals surface area contributed by atoms with Crippen LogP contribution in [0.4, 0.5) is 5.69 Å². The first-order chi connectivity index (χ1) is 11.4. The molecule has 26 heavy (non-hydrogen) atoms. The van der Waals surface area contributed by atoms with Gasteiger partial charge in [0, 0.05) is 18.8 Å². The monoisotopic (exact) mass is 405 g/mol. The fraction of sp³-hybridized carbons (Fsp3) is 0.632. The van der Waals surface area contributed by atoms with Gasteiger partial charge in [0.25, 0.3) is 0 Å². The Morgan fingerprint density at radius 2 is 2.00 bits per heavy atom. The number of benzene rings is 1. The van der Waals surface area contributed by atoms with Crippen LogP contribution >= 0.6 is 24.8 Å². The summed E-state index contributed by atoms with van der Waals surface area (Å²) in [7, 11) is 0. The maximum absolute atomic E-state index is 12.3. The number of amides is 1. The minimum absolute atomic E-state index is 0. The van der Waals surface area contributed by atoms with E-state index in [-0.39, 0.29) is 30.7 Å². The molecule has 150 valence electrons. The van der Waals surface area contributed by atoms with Crippen LogP contribution in [0, 0.1) is 5.92 Å². The van der Waals surface area contributed by atoms with Crippen molar-refractivity contribution < 1.29 is 9.90 Å². The van der Waals surface area contributed by atoms with Crippen LogP contribution in [0.3, 0.4) is 0 Å². The van der Waals surface area contributed by atoms with Crippen LogP contribution < -0.4 is 11.1 Å². The van der Waals surface area contributed by atoms with Crippen LogP contribution in [-0.4, -0.2) is 41.1 Å². The third-order valence-corrected chi connectivity index (χ3v) is 4.84. The molecule has 1 aliphatic rings. The number of nitrogens with zero attached hydrogens (tertiary/aromatic N) is 1. The molecule has 4 N–H and O–H groups in total. The van der Waals surface area contributed by atoms with Crippen molar-refractivity contribution in [3.63, 3.8) is 0 Å². The molecule has 1 atom stereocenters. The average Bonchev–Trinajstić information content (AvgIpc) is 2.56. The molecule has 2 rings (SSSR count). The molecule has 0 saturated carbocycles. The summed E-state index contributed by atoms with van der Waals surface area (Å²) in [5.74, 6) is 0.318. The SMILES string of the molecule is CCCC(C)(N)C(=O)Nc1cccc(CN2CCC(CO)CC2)c1.Cl.Cl. The Kier molecular flexibility index (Phi) is 11.4. The molecule has 1 amide bonds. The van der Waals surface area contributed by atoms with E-state index in [0.29, 0.717) is 18.9 Å². The molecule has 0 aromatic heterocycles. The van der Waals surface area contributed by atoms with Crippen LogP contribution in [0.2, 0.25) is 0 Å². The molecule has 1 aliphatic heterocycles. The van der Waals surface area contributed by atoms with Gasteiger partial charge in [0.2, 0.25) is 5.91 Å². The first kappa shape index (κ1) is 25.1. The Bertz CT molecular complexity index is 547. The Labute approximate surface area is 169 Å². The molecular formula is C19H33Cl2N3O2. The van der Waals surface area contributed by atoms with E-state index >= 15 is 0 Å². The molecular weight excluding hydrogens is 373 g/mol. The third kappa shape index (κ3) is 7.41. The van der Waals surface area contributed by atoms with Crippen LogP contribution in [0.5, 0.6) is 0 Å². The quantitative estimate of drug-likeness (QED) is 0.650. The molecule has 0 bridgehead atoms. The highest BCUT2D eigenvalue weighted by atomic mass is 35.5. The number of carbonyl (C=O) groups excluding carboxylic acids is 1. The maximum Gasteiger partial charge on any atom is 0.244 e. The van der Waals surface area contributed by atoms with Crippen LogP contribution in [0.1, 0.15) is 45.1 Å². The second kappa shape index (κ2) is 11.8. The number of hydrogen-bond donors (Lipinski definition) is 3. The van der Waals surface area contributed by atoms with Gasteiger partial charge in [-0.1, -0.05) is 25.5 Å². The normalized spacial score (nSPS) is 17.5. The zero-order valence-corrected chi connectivity index (χ0v) is 17.4. The maximum atomic E-state index is 12.3. The Morgan fingerprint density at radius 1 is 1.35 bits per heavy atom. The van der Waals surface area contributed by atoms with Crippen molar-refractivity contribution in [3.8, 4) is 0 Å². The summed E-state index contributed by atoms with van der Waals surface area (Å²) in [6.45, 7) is 7.00. The van der Waals surface area contributed by atoms with Crippen molar-refractivity contribution in [2.75, 3.05) is 25.0 Å². The van der Waals surface area contributed by atoms with E-state index < -0.39 is 5.54 Å². The Balaban J connectivity index is 0.00000312. The summed E-state index contributed by atoms with van der Waals surface area (Å²) in [6.07, 6.45) is 3.65. The van der Waals surface area contributed by atoms with E-state index in [9.17, 15) is 9.90 Å². The van der Waals surface area contributed by atoms with E-state index in [1.807, 2.05) is 25.1 Å². The van der Waals surface area contributed by atoms with Crippen molar-refractivity contribution in [3.05, 3.63) is 29.8 Å². The minimum atomic E-state index is -0.836. The summed E-state index contributed by atoms with van der Waals surface area (Å²) in [4.78, 5) is 14.7.